The van der Waals surface area contributed by atoms with Crippen LogP contribution in [0.5, 0.6) is 0 Å². The summed E-state index contributed by atoms with van der Waals surface area (Å²) in [6.45, 7) is 3.25. The molecule has 1 aliphatic rings. The van der Waals surface area contributed by atoms with Crippen LogP contribution in [-0.4, -0.2) is 25.6 Å². The maximum absolute atomic E-state index is 12.5. The van der Waals surface area contributed by atoms with Crippen LogP contribution in [0.3, 0.4) is 0 Å². The SMILES string of the molecule is Cc1ccc(S(=O)(=O)C(C)C(=O)NC2CCCC2)c(N)c1. The number of rotatable bonds is 4. The van der Waals surface area contributed by atoms with Crippen LogP contribution in [0.15, 0.2) is 23.1 Å². The summed E-state index contributed by atoms with van der Waals surface area (Å²) in [6, 6.07) is 4.86. The van der Waals surface area contributed by atoms with E-state index in [9.17, 15) is 13.2 Å². The van der Waals surface area contributed by atoms with Crippen molar-refractivity contribution in [2.75, 3.05) is 5.73 Å². The van der Waals surface area contributed by atoms with E-state index in [1.165, 1.54) is 13.0 Å². The van der Waals surface area contributed by atoms with Crippen LogP contribution < -0.4 is 11.1 Å². The van der Waals surface area contributed by atoms with Crippen LogP contribution in [-0.2, 0) is 14.6 Å². The molecule has 0 spiro atoms. The molecule has 0 aromatic heterocycles. The number of carbonyl (C=O) groups is 1. The van der Waals surface area contributed by atoms with E-state index < -0.39 is 21.0 Å². The van der Waals surface area contributed by atoms with Gasteiger partial charge in [-0.15, -0.1) is 0 Å². The Labute approximate surface area is 125 Å². The van der Waals surface area contributed by atoms with Crippen molar-refractivity contribution in [2.45, 2.75) is 55.7 Å². The summed E-state index contributed by atoms with van der Waals surface area (Å²) in [5.41, 5.74) is 6.87. The van der Waals surface area contributed by atoms with E-state index in [2.05, 4.69) is 5.32 Å². The summed E-state index contributed by atoms with van der Waals surface area (Å²) in [5.74, 6) is -0.443. The zero-order valence-electron chi connectivity index (χ0n) is 12.4. The quantitative estimate of drug-likeness (QED) is 0.830. The number of sulfone groups is 1. The van der Waals surface area contributed by atoms with Crippen LogP contribution in [0, 0.1) is 6.92 Å². The van der Waals surface area contributed by atoms with E-state index in [4.69, 9.17) is 5.73 Å². The molecule has 1 fully saturated rings. The highest BCUT2D eigenvalue weighted by Gasteiger charge is 2.32. The molecule has 0 saturated heterocycles. The maximum Gasteiger partial charge on any atom is 0.238 e. The maximum atomic E-state index is 12.5. The Balaban J connectivity index is 2.19. The molecule has 0 aliphatic heterocycles. The number of benzene rings is 1. The number of anilines is 1. The first-order valence-electron chi connectivity index (χ1n) is 7.23. The molecule has 1 saturated carbocycles. The molecule has 116 valence electrons. The largest absolute Gasteiger partial charge is 0.398 e. The third-order valence-corrected chi connectivity index (χ3v) is 6.14. The third-order valence-electron chi connectivity index (χ3n) is 4.01. The predicted octanol–water partition coefficient (Wildman–Crippen LogP) is 1.80. The second-order valence-electron chi connectivity index (χ2n) is 5.72. The molecular formula is C15H22N2O3S. The van der Waals surface area contributed by atoms with Crippen molar-refractivity contribution >= 4 is 21.4 Å². The van der Waals surface area contributed by atoms with E-state index >= 15 is 0 Å². The minimum Gasteiger partial charge on any atom is -0.398 e. The number of nitrogen functional groups attached to an aromatic ring is 1. The van der Waals surface area contributed by atoms with E-state index in [0.717, 1.165) is 31.2 Å². The van der Waals surface area contributed by atoms with Crippen molar-refractivity contribution in [3.05, 3.63) is 23.8 Å². The summed E-state index contributed by atoms with van der Waals surface area (Å²) in [6.07, 6.45) is 4.00. The number of hydrogen-bond donors (Lipinski definition) is 2. The molecule has 3 N–H and O–H groups in total. The van der Waals surface area contributed by atoms with Gasteiger partial charge in [0, 0.05) is 6.04 Å². The van der Waals surface area contributed by atoms with Crippen LogP contribution in [0.25, 0.3) is 0 Å². The fourth-order valence-electron chi connectivity index (χ4n) is 2.65. The zero-order chi connectivity index (χ0) is 15.6. The van der Waals surface area contributed by atoms with Crippen molar-refractivity contribution in [3.8, 4) is 0 Å². The van der Waals surface area contributed by atoms with Gasteiger partial charge in [-0.2, -0.15) is 0 Å². The normalized spacial score (nSPS) is 17.6. The van der Waals surface area contributed by atoms with Crippen molar-refractivity contribution in [1.29, 1.82) is 0 Å². The molecule has 1 aliphatic carbocycles. The molecule has 1 atom stereocenters. The molecule has 1 aromatic rings. The van der Waals surface area contributed by atoms with Gasteiger partial charge < -0.3 is 11.1 Å². The second-order valence-corrected chi connectivity index (χ2v) is 7.96. The number of nitrogens with one attached hydrogen (secondary N) is 1. The topological polar surface area (TPSA) is 89.3 Å². The summed E-state index contributed by atoms with van der Waals surface area (Å²) in [4.78, 5) is 12.2. The number of amides is 1. The van der Waals surface area contributed by atoms with Crippen molar-refractivity contribution < 1.29 is 13.2 Å². The van der Waals surface area contributed by atoms with Gasteiger partial charge in [0.25, 0.3) is 0 Å². The van der Waals surface area contributed by atoms with Crippen molar-refractivity contribution in [3.63, 3.8) is 0 Å². The Morgan fingerprint density at radius 1 is 1.33 bits per heavy atom. The van der Waals surface area contributed by atoms with Gasteiger partial charge in [-0.1, -0.05) is 18.9 Å². The van der Waals surface area contributed by atoms with Crippen molar-refractivity contribution in [1.82, 2.24) is 5.32 Å². The Hall–Kier alpha value is -1.56. The van der Waals surface area contributed by atoms with Gasteiger partial charge in [-0.25, -0.2) is 8.42 Å². The van der Waals surface area contributed by atoms with E-state index in [1.807, 2.05) is 6.92 Å². The highest BCUT2D eigenvalue weighted by Crippen LogP contribution is 2.24. The molecule has 1 amide bonds. The van der Waals surface area contributed by atoms with E-state index in [-0.39, 0.29) is 16.6 Å². The molecule has 5 nitrogen and oxygen atoms in total. The van der Waals surface area contributed by atoms with Gasteiger partial charge in [0.15, 0.2) is 9.84 Å². The minimum absolute atomic E-state index is 0.0298. The van der Waals surface area contributed by atoms with Crippen molar-refractivity contribution in [2.24, 2.45) is 0 Å². The zero-order valence-corrected chi connectivity index (χ0v) is 13.2. The predicted molar refractivity (Wildman–Crippen MR) is 82.6 cm³/mol. The molecule has 0 radical (unpaired) electrons. The smallest absolute Gasteiger partial charge is 0.238 e. The lowest BCUT2D eigenvalue weighted by Crippen LogP contribution is -2.42. The van der Waals surface area contributed by atoms with E-state index in [1.54, 1.807) is 12.1 Å². The lowest BCUT2D eigenvalue weighted by Gasteiger charge is -2.18. The molecular weight excluding hydrogens is 288 g/mol. The standard InChI is InChI=1S/C15H22N2O3S/c1-10-7-8-14(13(16)9-10)21(19,20)11(2)15(18)17-12-5-3-4-6-12/h7-9,11-12H,3-6,16H2,1-2H3,(H,17,18). The fourth-order valence-corrected chi connectivity index (χ4v) is 4.02. The first kappa shape index (κ1) is 15.8. The Kier molecular flexibility index (Phi) is 4.56. The first-order chi connectivity index (χ1) is 9.82. The second kappa shape index (κ2) is 6.05. The molecule has 2 rings (SSSR count). The third kappa shape index (κ3) is 3.37. The average molecular weight is 310 g/mol. The van der Waals surface area contributed by atoms with Crippen LogP contribution in [0.2, 0.25) is 0 Å². The first-order valence-corrected chi connectivity index (χ1v) is 8.77. The van der Waals surface area contributed by atoms with Crippen LogP contribution in [0.1, 0.15) is 38.2 Å². The lowest BCUT2D eigenvalue weighted by atomic mass is 10.2. The summed E-state index contributed by atoms with van der Waals surface area (Å²) in [5, 5.41) is 1.69. The monoisotopic (exact) mass is 310 g/mol. The fraction of sp³-hybridized carbons (Fsp3) is 0.533. The molecule has 1 aromatic carbocycles. The summed E-state index contributed by atoms with van der Waals surface area (Å²) in [7, 11) is -3.76. The minimum atomic E-state index is -3.76. The molecule has 0 bridgehead atoms. The van der Waals surface area contributed by atoms with Gasteiger partial charge in [0.1, 0.15) is 5.25 Å². The average Bonchev–Trinajstić information content (AvgIpc) is 2.90. The van der Waals surface area contributed by atoms with E-state index in [0.29, 0.717) is 0 Å². The highest BCUT2D eigenvalue weighted by molar-refractivity contribution is 7.93. The summed E-state index contributed by atoms with van der Waals surface area (Å²) < 4.78 is 25.1. The van der Waals surface area contributed by atoms with Gasteiger partial charge in [-0.3, -0.25) is 4.79 Å². The summed E-state index contributed by atoms with van der Waals surface area (Å²) >= 11 is 0. The number of hydrogen-bond acceptors (Lipinski definition) is 4. The molecule has 21 heavy (non-hydrogen) atoms. The molecule has 0 heterocycles. The van der Waals surface area contributed by atoms with Gasteiger partial charge in [0.05, 0.1) is 10.6 Å². The van der Waals surface area contributed by atoms with Gasteiger partial charge >= 0.3 is 0 Å². The Morgan fingerprint density at radius 3 is 2.52 bits per heavy atom. The highest BCUT2D eigenvalue weighted by atomic mass is 32.2. The van der Waals surface area contributed by atoms with Crippen LogP contribution in [0.4, 0.5) is 5.69 Å². The van der Waals surface area contributed by atoms with Gasteiger partial charge in [0.2, 0.25) is 5.91 Å². The Bertz CT molecular complexity index is 634. The lowest BCUT2D eigenvalue weighted by molar-refractivity contribution is -0.121. The van der Waals surface area contributed by atoms with Crippen LogP contribution >= 0.6 is 0 Å². The molecule has 1 unspecified atom stereocenters. The van der Waals surface area contributed by atoms with Gasteiger partial charge in [-0.05, 0) is 44.4 Å². The number of carbonyl (C=O) groups excluding carboxylic acids is 1. The Morgan fingerprint density at radius 2 is 1.95 bits per heavy atom. The molecule has 6 heteroatoms. The number of nitrogens with two attached hydrogens (primary N) is 1. The number of aryl methyl sites for hydroxylation is 1.